The SMILES string of the molecule is CCn1c(SCC(=O)Nc2nc(-c3ccc(C)c([N+](=O)[O-])c3)cs2)nnc1[C@H](NC(=O)c1ccc(C)cc1)C(C)C. The molecule has 0 unspecified atom stereocenters. The Hall–Kier alpha value is -4.10. The van der Waals surface area contributed by atoms with Crippen molar-refractivity contribution in [3.05, 3.63) is 80.5 Å². The van der Waals surface area contributed by atoms with Crippen LogP contribution >= 0.6 is 23.1 Å². The Morgan fingerprint density at radius 1 is 1.12 bits per heavy atom. The third kappa shape index (κ3) is 7.16. The molecule has 4 rings (SSSR count). The number of hydrogen-bond acceptors (Lipinski definition) is 9. The second-order valence-corrected chi connectivity index (χ2v) is 11.6. The summed E-state index contributed by atoms with van der Waals surface area (Å²) in [5, 5.41) is 28.5. The Morgan fingerprint density at radius 3 is 2.51 bits per heavy atom. The predicted molar refractivity (Wildman–Crippen MR) is 160 cm³/mol. The number of rotatable bonds is 11. The molecule has 0 radical (unpaired) electrons. The van der Waals surface area contributed by atoms with Crippen LogP contribution < -0.4 is 10.6 Å². The average Bonchev–Trinajstić information content (AvgIpc) is 3.57. The fourth-order valence-electron chi connectivity index (χ4n) is 4.11. The maximum absolute atomic E-state index is 12.9. The summed E-state index contributed by atoms with van der Waals surface area (Å²) in [5.74, 6) is 0.291. The molecule has 0 saturated heterocycles. The molecule has 0 aliphatic rings. The molecule has 0 bridgehead atoms. The minimum Gasteiger partial charge on any atom is -0.342 e. The van der Waals surface area contributed by atoms with Gasteiger partial charge in [-0.3, -0.25) is 19.7 Å². The van der Waals surface area contributed by atoms with Gasteiger partial charge in [-0.2, -0.15) is 0 Å². The van der Waals surface area contributed by atoms with E-state index in [1.165, 1.54) is 29.2 Å². The van der Waals surface area contributed by atoms with Crippen molar-refractivity contribution in [3.8, 4) is 11.3 Å². The molecule has 1 atom stereocenters. The van der Waals surface area contributed by atoms with Gasteiger partial charge in [-0.15, -0.1) is 21.5 Å². The highest BCUT2D eigenvalue weighted by Gasteiger charge is 2.26. The summed E-state index contributed by atoms with van der Waals surface area (Å²) in [6.07, 6.45) is 0. The van der Waals surface area contributed by atoms with Crippen molar-refractivity contribution in [2.45, 2.75) is 52.4 Å². The molecule has 0 aliphatic carbocycles. The average molecular weight is 594 g/mol. The largest absolute Gasteiger partial charge is 0.342 e. The van der Waals surface area contributed by atoms with Crippen molar-refractivity contribution in [3.63, 3.8) is 0 Å². The Morgan fingerprint density at radius 2 is 1.85 bits per heavy atom. The third-order valence-electron chi connectivity index (χ3n) is 6.39. The van der Waals surface area contributed by atoms with Gasteiger partial charge in [0.25, 0.3) is 11.6 Å². The highest BCUT2D eigenvalue weighted by atomic mass is 32.2. The zero-order valence-electron chi connectivity index (χ0n) is 23.4. The van der Waals surface area contributed by atoms with Crippen LogP contribution in [0.15, 0.2) is 53.0 Å². The molecule has 0 fully saturated rings. The number of amides is 2. The topological polar surface area (TPSA) is 145 Å². The van der Waals surface area contributed by atoms with Crippen LogP contribution in [0, 0.1) is 29.9 Å². The van der Waals surface area contributed by atoms with Crippen molar-refractivity contribution >= 4 is 45.7 Å². The van der Waals surface area contributed by atoms with Gasteiger partial charge < -0.3 is 15.2 Å². The molecule has 2 N–H and O–H groups in total. The van der Waals surface area contributed by atoms with Gasteiger partial charge in [-0.1, -0.05) is 55.4 Å². The molecule has 0 aliphatic heterocycles. The molecule has 4 aromatic rings. The van der Waals surface area contributed by atoms with Gasteiger partial charge in [-0.25, -0.2) is 4.98 Å². The molecule has 2 aromatic carbocycles. The van der Waals surface area contributed by atoms with Gasteiger partial charge in [0.05, 0.1) is 22.4 Å². The normalized spacial score (nSPS) is 11.9. The van der Waals surface area contributed by atoms with Crippen LogP contribution in [0.1, 0.15) is 54.1 Å². The summed E-state index contributed by atoms with van der Waals surface area (Å²) in [7, 11) is 0. The smallest absolute Gasteiger partial charge is 0.272 e. The molecule has 41 heavy (non-hydrogen) atoms. The highest BCUT2D eigenvalue weighted by Crippen LogP contribution is 2.30. The second kappa shape index (κ2) is 13.0. The minimum absolute atomic E-state index is 0.0197. The number of thioether (sulfide) groups is 1. The van der Waals surface area contributed by atoms with Gasteiger partial charge >= 0.3 is 0 Å². The number of hydrogen-bond donors (Lipinski definition) is 2. The number of thiazole rings is 1. The van der Waals surface area contributed by atoms with Crippen LogP contribution in [-0.4, -0.2) is 42.2 Å². The van der Waals surface area contributed by atoms with E-state index in [-0.39, 0.29) is 35.2 Å². The molecular formula is C28H31N7O4S2. The van der Waals surface area contributed by atoms with E-state index in [4.69, 9.17) is 0 Å². The number of nitrogens with zero attached hydrogens (tertiary/aromatic N) is 5. The lowest BCUT2D eigenvalue weighted by molar-refractivity contribution is -0.385. The first-order valence-corrected chi connectivity index (χ1v) is 14.9. The van der Waals surface area contributed by atoms with Crippen LogP contribution in [0.2, 0.25) is 0 Å². The van der Waals surface area contributed by atoms with E-state index < -0.39 is 4.92 Å². The van der Waals surface area contributed by atoms with Crippen molar-refractivity contribution in [1.29, 1.82) is 0 Å². The molecule has 2 heterocycles. The van der Waals surface area contributed by atoms with E-state index in [9.17, 15) is 19.7 Å². The standard InChI is InChI=1S/C28H31N7O4S2/c1-6-34-25(24(16(2)3)31-26(37)19-10-7-17(4)8-11-19)32-33-28(34)41-15-23(36)30-27-29-21(14-40-27)20-12-9-18(5)22(13-20)35(38)39/h7-14,16,24H,6,15H2,1-5H3,(H,31,37)(H,29,30,36)/t24-/m1/s1. The summed E-state index contributed by atoms with van der Waals surface area (Å²) in [5.41, 5.74) is 3.38. The third-order valence-corrected chi connectivity index (χ3v) is 8.12. The van der Waals surface area contributed by atoms with Crippen LogP contribution in [0.3, 0.4) is 0 Å². The van der Waals surface area contributed by atoms with E-state index in [0.29, 0.717) is 45.0 Å². The fraction of sp³-hybridized carbons (Fsp3) is 0.321. The van der Waals surface area contributed by atoms with Crippen molar-refractivity contribution in [2.75, 3.05) is 11.1 Å². The lowest BCUT2D eigenvalue weighted by atomic mass is 10.0. The number of aryl methyl sites for hydroxylation is 2. The summed E-state index contributed by atoms with van der Waals surface area (Å²) >= 11 is 2.48. The number of benzene rings is 2. The highest BCUT2D eigenvalue weighted by molar-refractivity contribution is 7.99. The van der Waals surface area contributed by atoms with E-state index >= 15 is 0 Å². The lowest BCUT2D eigenvalue weighted by Crippen LogP contribution is -2.33. The molecule has 13 heteroatoms. The second-order valence-electron chi connectivity index (χ2n) is 9.78. The van der Waals surface area contributed by atoms with E-state index in [1.54, 1.807) is 36.6 Å². The number of carbonyl (C=O) groups is 2. The van der Waals surface area contributed by atoms with Crippen molar-refractivity contribution in [1.82, 2.24) is 25.1 Å². The molecule has 2 aromatic heterocycles. The first-order chi connectivity index (χ1) is 19.6. The summed E-state index contributed by atoms with van der Waals surface area (Å²) in [6, 6.07) is 11.9. The Bertz CT molecular complexity index is 1560. The lowest BCUT2D eigenvalue weighted by Gasteiger charge is -2.22. The van der Waals surface area contributed by atoms with Crippen LogP contribution in [0.4, 0.5) is 10.8 Å². The number of nitro groups is 1. The zero-order chi connectivity index (χ0) is 29.7. The number of carbonyl (C=O) groups excluding carboxylic acids is 2. The minimum atomic E-state index is -0.424. The molecule has 0 saturated carbocycles. The van der Waals surface area contributed by atoms with Gasteiger partial charge in [-0.05, 0) is 38.8 Å². The number of anilines is 1. The fourth-order valence-corrected chi connectivity index (χ4v) is 5.65. The van der Waals surface area contributed by atoms with Gasteiger partial charge in [0, 0.05) is 34.7 Å². The van der Waals surface area contributed by atoms with Gasteiger partial charge in [0.15, 0.2) is 16.1 Å². The number of aromatic nitrogens is 4. The van der Waals surface area contributed by atoms with E-state index in [2.05, 4.69) is 25.8 Å². The molecule has 0 spiro atoms. The number of nitrogens with one attached hydrogen (secondary N) is 2. The summed E-state index contributed by atoms with van der Waals surface area (Å²) in [4.78, 5) is 40.9. The Labute approximate surface area is 246 Å². The molecule has 11 nitrogen and oxygen atoms in total. The van der Waals surface area contributed by atoms with E-state index in [0.717, 1.165) is 5.56 Å². The predicted octanol–water partition coefficient (Wildman–Crippen LogP) is 5.80. The zero-order valence-corrected chi connectivity index (χ0v) is 25.0. The maximum Gasteiger partial charge on any atom is 0.272 e. The quantitative estimate of drug-likeness (QED) is 0.126. The molecular weight excluding hydrogens is 562 g/mol. The van der Waals surface area contributed by atoms with Crippen LogP contribution in [-0.2, 0) is 11.3 Å². The maximum atomic E-state index is 12.9. The Kier molecular flexibility index (Phi) is 9.50. The summed E-state index contributed by atoms with van der Waals surface area (Å²) in [6.45, 7) is 10.2. The Balaban J connectivity index is 1.41. The summed E-state index contributed by atoms with van der Waals surface area (Å²) < 4.78 is 1.91. The monoisotopic (exact) mass is 593 g/mol. The molecule has 214 valence electrons. The molecule has 2 amide bonds. The van der Waals surface area contributed by atoms with E-state index in [1.807, 2.05) is 44.4 Å². The van der Waals surface area contributed by atoms with Crippen LogP contribution in [0.5, 0.6) is 0 Å². The first kappa shape index (κ1) is 29.9. The number of nitro benzene ring substituents is 1. The van der Waals surface area contributed by atoms with Crippen molar-refractivity contribution in [2.24, 2.45) is 5.92 Å². The van der Waals surface area contributed by atoms with Crippen molar-refractivity contribution < 1.29 is 14.5 Å². The van der Waals surface area contributed by atoms with Gasteiger partial charge in [0.2, 0.25) is 5.91 Å². The van der Waals surface area contributed by atoms with Gasteiger partial charge in [0.1, 0.15) is 0 Å². The van der Waals surface area contributed by atoms with Crippen LogP contribution in [0.25, 0.3) is 11.3 Å². The first-order valence-electron chi connectivity index (χ1n) is 13.0.